The maximum absolute atomic E-state index is 11.6. The Morgan fingerprint density at radius 1 is 1.53 bits per heavy atom. The topological polar surface area (TPSA) is 61.2 Å². The quantitative estimate of drug-likeness (QED) is 0.806. The third-order valence-electron chi connectivity index (χ3n) is 2.23. The first-order valence-corrected chi connectivity index (χ1v) is 5.75. The maximum atomic E-state index is 11.6. The van der Waals surface area contributed by atoms with Gasteiger partial charge in [0, 0.05) is 6.20 Å². The lowest BCUT2D eigenvalue weighted by atomic mass is 10.2. The van der Waals surface area contributed by atoms with Crippen molar-refractivity contribution < 1.29 is 9.53 Å². The number of carbonyl (C=O) groups excluding carboxylic acids is 1. The highest BCUT2D eigenvalue weighted by Crippen LogP contribution is 2.04. The molecule has 0 spiro atoms. The van der Waals surface area contributed by atoms with Crippen LogP contribution in [0.5, 0.6) is 0 Å². The summed E-state index contributed by atoms with van der Waals surface area (Å²) in [6.45, 7) is 7.31. The number of carbonyl (C=O) groups is 1. The standard InChI is InChI=1S/C12H18N2O3/c1-5-6-10-9(4)7-14(11(15)13-10)12(16)17-8(2)3/h7-8H,5-6H2,1-4H3. The van der Waals surface area contributed by atoms with E-state index < -0.39 is 11.8 Å². The molecule has 94 valence electrons. The summed E-state index contributed by atoms with van der Waals surface area (Å²) in [5.74, 6) is 0. The summed E-state index contributed by atoms with van der Waals surface area (Å²) in [7, 11) is 0. The highest BCUT2D eigenvalue weighted by molar-refractivity contribution is 5.70. The van der Waals surface area contributed by atoms with Crippen LogP contribution in [0.2, 0.25) is 0 Å². The first-order chi connectivity index (χ1) is 7.95. The van der Waals surface area contributed by atoms with Gasteiger partial charge in [0.25, 0.3) is 0 Å². The summed E-state index contributed by atoms with van der Waals surface area (Å²) in [5.41, 5.74) is 0.989. The van der Waals surface area contributed by atoms with Gasteiger partial charge >= 0.3 is 11.8 Å². The number of rotatable bonds is 3. The van der Waals surface area contributed by atoms with Gasteiger partial charge in [-0.1, -0.05) is 13.3 Å². The lowest BCUT2D eigenvalue weighted by Gasteiger charge is -2.10. The van der Waals surface area contributed by atoms with Gasteiger partial charge < -0.3 is 4.74 Å². The fourth-order valence-electron chi connectivity index (χ4n) is 1.46. The van der Waals surface area contributed by atoms with Crippen LogP contribution in [-0.2, 0) is 11.2 Å². The number of aromatic nitrogens is 2. The highest BCUT2D eigenvalue weighted by Gasteiger charge is 2.13. The van der Waals surface area contributed by atoms with E-state index in [4.69, 9.17) is 4.74 Å². The van der Waals surface area contributed by atoms with Gasteiger partial charge in [-0.2, -0.15) is 4.98 Å². The molecule has 0 saturated carbocycles. The van der Waals surface area contributed by atoms with Gasteiger partial charge in [0.15, 0.2) is 0 Å². The van der Waals surface area contributed by atoms with Crippen molar-refractivity contribution in [3.05, 3.63) is 27.9 Å². The molecule has 5 heteroatoms. The van der Waals surface area contributed by atoms with E-state index in [0.717, 1.165) is 28.7 Å². The molecule has 0 amide bonds. The van der Waals surface area contributed by atoms with Gasteiger partial charge in [-0.3, -0.25) is 0 Å². The van der Waals surface area contributed by atoms with Gasteiger partial charge in [0.1, 0.15) is 0 Å². The van der Waals surface area contributed by atoms with Gasteiger partial charge in [-0.25, -0.2) is 14.2 Å². The molecule has 17 heavy (non-hydrogen) atoms. The molecule has 1 rings (SSSR count). The first kappa shape index (κ1) is 13.4. The summed E-state index contributed by atoms with van der Waals surface area (Å²) in [5, 5.41) is 0. The average Bonchev–Trinajstić information content (AvgIpc) is 2.22. The fraction of sp³-hybridized carbons (Fsp3) is 0.583. The van der Waals surface area contributed by atoms with Gasteiger partial charge in [-0.15, -0.1) is 0 Å². The van der Waals surface area contributed by atoms with Gasteiger partial charge in [0.05, 0.1) is 11.8 Å². The van der Waals surface area contributed by atoms with Crippen LogP contribution in [0.25, 0.3) is 0 Å². The lowest BCUT2D eigenvalue weighted by molar-refractivity contribution is 0.116. The smallest absolute Gasteiger partial charge is 0.422 e. The Morgan fingerprint density at radius 2 is 2.18 bits per heavy atom. The van der Waals surface area contributed by atoms with E-state index in [1.807, 2.05) is 13.8 Å². The van der Waals surface area contributed by atoms with Crippen LogP contribution < -0.4 is 5.69 Å². The minimum Gasteiger partial charge on any atom is -0.446 e. The molecule has 0 fully saturated rings. The van der Waals surface area contributed by atoms with Crippen LogP contribution in [0.4, 0.5) is 4.79 Å². The van der Waals surface area contributed by atoms with Crippen LogP contribution in [0.15, 0.2) is 11.0 Å². The summed E-state index contributed by atoms with van der Waals surface area (Å²) in [6.07, 6.45) is 2.20. The van der Waals surface area contributed by atoms with Crippen molar-refractivity contribution in [2.24, 2.45) is 0 Å². The molecule has 0 aliphatic rings. The number of nitrogens with zero attached hydrogens (tertiary/aromatic N) is 2. The molecule has 5 nitrogen and oxygen atoms in total. The maximum Gasteiger partial charge on any atom is 0.422 e. The van der Waals surface area contributed by atoms with Crippen molar-refractivity contribution in [3.8, 4) is 0 Å². The molecule has 0 radical (unpaired) electrons. The van der Waals surface area contributed by atoms with Crippen molar-refractivity contribution in [1.29, 1.82) is 0 Å². The Hall–Kier alpha value is -1.65. The van der Waals surface area contributed by atoms with Crippen molar-refractivity contribution in [3.63, 3.8) is 0 Å². The number of hydrogen-bond donors (Lipinski definition) is 0. The molecule has 0 bridgehead atoms. The normalized spacial score (nSPS) is 10.6. The van der Waals surface area contributed by atoms with Crippen LogP contribution in [-0.4, -0.2) is 21.7 Å². The van der Waals surface area contributed by atoms with Crippen molar-refractivity contribution >= 4 is 6.09 Å². The molecule has 1 aromatic rings. The van der Waals surface area contributed by atoms with E-state index in [1.54, 1.807) is 13.8 Å². The molecule has 0 unspecified atom stereocenters. The van der Waals surface area contributed by atoms with E-state index in [0.29, 0.717) is 0 Å². The Balaban J connectivity index is 3.07. The minimum atomic E-state index is -0.677. The summed E-state index contributed by atoms with van der Waals surface area (Å²) >= 11 is 0. The lowest BCUT2D eigenvalue weighted by Crippen LogP contribution is -2.32. The first-order valence-electron chi connectivity index (χ1n) is 5.75. The van der Waals surface area contributed by atoms with Crippen LogP contribution in [0.3, 0.4) is 0 Å². The fourth-order valence-corrected chi connectivity index (χ4v) is 1.46. The highest BCUT2D eigenvalue weighted by atomic mass is 16.6. The predicted molar refractivity (Wildman–Crippen MR) is 64.2 cm³/mol. The third-order valence-corrected chi connectivity index (χ3v) is 2.23. The Labute approximate surface area is 100 Å². The zero-order valence-electron chi connectivity index (χ0n) is 10.7. The molecule has 0 saturated heterocycles. The van der Waals surface area contributed by atoms with E-state index in [1.165, 1.54) is 6.20 Å². The number of ether oxygens (including phenoxy) is 1. The molecule has 0 N–H and O–H groups in total. The van der Waals surface area contributed by atoms with Gasteiger partial charge in [0.2, 0.25) is 0 Å². The monoisotopic (exact) mass is 238 g/mol. The Kier molecular flexibility index (Phi) is 4.43. The van der Waals surface area contributed by atoms with Crippen molar-refractivity contribution in [2.45, 2.75) is 46.6 Å². The minimum absolute atomic E-state index is 0.259. The summed E-state index contributed by atoms with van der Waals surface area (Å²) < 4.78 is 5.87. The Morgan fingerprint density at radius 3 is 2.71 bits per heavy atom. The third kappa shape index (κ3) is 3.41. The van der Waals surface area contributed by atoms with E-state index in [2.05, 4.69) is 4.98 Å². The second kappa shape index (κ2) is 5.61. The number of hydrogen-bond acceptors (Lipinski definition) is 4. The summed E-state index contributed by atoms with van der Waals surface area (Å²) in [6, 6.07) is 0. The SMILES string of the molecule is CCCc1nc(=O)n(C(=O)OC(C)C)cc1C. The molecule has 1 heterocycles. The van der Waals surface area contributed by atoms with Crippen molar-refractivity contribution in [2.75, 3.05) is 0 Å². The molecule has 0 atom stereocenters. The summed E-state index contributed by atoms with van der Waals surface area (Å²) in [4.78, 5) is 27.1. The predicted octanol–water partition coefficient (Wildman–Crippen LogP) is 1.90. The zero-order chi connectivity index (χ0) is 13.0. The average molecular weight is 238 g/mol. The van der Waals surface area contributed by atoms with E-state index in [-0.39, 0.29) is 6.10 Å². The van der Waals surface area contributed by atoms with Gasteiger partial charge in [-0.05, 0) is 32.8 Å². The Bertz CT molecular complexity index is 463. The molecule has 1 aromatic heterocycles. The second-order valence-corrected chi connectivity index (χ2v) is 4.21. The number of aryl methyl sites for hydroxylation is 2. The van der Waals surface area contributed by atoms with Crippen LogP contribution in [0, 0.1) is 6.92 Å². The molecule has 0 aliphatic carbocycles. The zero-order valence-corrected chi connectivity index (χ0v) is 10.7. The molecular formula is C12H18N2O3. The van der Waals surface area contributed by atoms with E-state index >= 15 is 0 Å². The molecular weight excluding hydrogens is 220 g/mol. The largest absolute Gasteiger partial charge is 0.446 e. The van der Waals surface area contributed by atoms with Crippen molar-refractivity contribution in [1.82, 2.24) is 9.55 Å². The van der Waals surface area contributed by atoms with Crippen LogP contribution in [0.1, 0.15) is 38.4 Å². The second-order valence-electron chi connectivity index (χ2n) is 4.21. The molecule has 0 aliphatic heterocycles. The molecule has 0 aromatic carbocycles. The van der Waals surface area contributed by atoms with Crippen LogP contribution >= 0.6 is 0 Å². The van der Waals surface area contributed by atoms with E-state index in [9.17, 15) is 9.59 Å².